The zero-order valence-corrected chi connectivity index (χ0v) is 10.7. The third-order valence-corrected chi connectivity index (χ3v) is 4.31. The van der Waals surface area contributed by atoms with Gasteiger partial charge in [0.2, 0.25) is 0 Å². The molecule has 2 unspecified atom stereocenters. The van der Waals surface area contributed by atoms with Gasteiger partial charge >= 0.3 is 0 Å². The lowest BCUT2D eigenvalue weighted by molar-refractivity contribution is 0.121. The van der Waals surface area contributed by atoms with Crippen LogP contribution in [0.25, 0.3) is 0 Å². The number of nitrogens with one attached hydrogen (secondary N) is 1. The van der Waals surface area contributed by atoms with E-state index in [0.717, 1.165) is 38.5 Å². The van der Waals surface area contributed by atoms with Gasteiger partial charge in [0.15, 0.2) is 0 Å². The van der Waals surface area contributed by atoms with Crippen LogP contribution in [0.15, 0.2) is 0 Å². The van der Waals surface area contributed by atoms with Crippen LogP contribution in [0.4, 0.5) is 0 Å². The number of rotatable bonds is 6. The number of piperazine rings is 1. The first-order chi connectivity index (χ1) is 7.22. The molecule has 0 aromatic carbocycles. The van der Waals surface area contributed by atoms with E-state index in [1.807, 2.05) is 11.8 Å². The van der Waals surface area contributed by atoms with Gasteiger partial charge in [-0.1, -0.05) is 13.8 Å². The van der Waals surface area contributed by atoms with Crippen molar-refractivity contribution in [1.82, 2.24) is 10.2 Å². The van der Waals surface area contributed by atoms with Crippen molar-refractivity contribution in [1.29, 1.82) is 0 Å². The second-order valence-corrected chi connectivity index (χ2v) is 5.73. The third kappa shape index (κ3) is 5.76. The van der Waals surface area contributed by atoms with Crippen LogP contribution in [0.3, 0.4) is 0 Å². The van der Waals surface area contributed by atoms with Gasteiger partial charge < -0.3 is 10.4 Å². The molecule has 1 heterocycles. The maximum atomic E-state index is 9.86. The molecule has 1 aliphatic heterocycles. The summed E-state index contributed by atoms with van der Waals surface area (Å²) in [4.78, 5) is 2.35. The van der Waals surface area contributed by atoms with Crippen molar-refractivity contribution in [3.8, 4) is 0 Å². The molecule has 0 bridgehead atoms. The monoisotopic (exact) mass is 232 g/mol. The zero-order chi connectivity index (χ0) is 11.1. The minimum absolute atomic E-state index is 0.165. The molecule has 2 N–H and O–H groups in total. The second kappa shape index (κ2) is 7.49. The van der Waals surface area contributed by atoms with Gasteiger partial charge in [-0.05, 0) is 6.42 Å². The Kier molecular flexibility index (Phi) is 6.64. The average Bonchev–Trinajstić information content (AvgIpc) is 2.27. The fourth-order valence-electron chi connectivity index (χ4n) is 1.64. The number of hydrogen-bond donors (Lipinski definition) is 2. The van der Waals surface area contributed by atoms with Crippen LogP contribution in [0.5, 0.6) is 0 Å². The number of aliphatic hydroxyl groups is 1. The first-order valence-electron chi connectivity index (χ1n) is 5.95. The molecule has 15 heavy (non-hydrogen) atoms. The van der Waals surface area contributed by atoms with Gasteiger partial charge in [0.05, 0.1) is 6.10 Å². The summed E-state index contributed by atoms with van der Waals surface area (Å²) in [5, 5.41) is 13.9. The number of nitrogens with zero attached hydrogens (tertiary/aromatic N) is 1. The van der Waals surface area contributed by atoms with Crippen molar-refractivity contribution in [2.45, 2.75) is 31.6 Å². The van der Waals surface area contributed by atoms with E-state index in [-0.39, 0.29) is 6.10 Å². The SMILES string of the molecule is CCC(C)SCC(O)CN1CCNCC1. The zero-order valence-electron chi connectivity index (χ0n) is 9.91. The molecule has 0 radical (unpaired) electrons. The first kappa shape index (κ1) is 13.3. The van der Waals surface area contributed by atoms with Crippen LogP contribution in [0.2, 0.25) is 0 Å². The van der Waals surface area contributed by atoms with E-state index in [1.54, 1.807) is 0 Å². The second-order valence-electron chi connectivity index (χ2n) is 4.26. The average molecular weight is 232 g/mol. The largest absolute Gasteiger partial charge is 0.391 e. The van der Waals surface area contributed by atoms with Gasteiger partial charge in [-0.25, -0.2) is 0 Å². The van der Waals surface area contributed by atoms with Crippen molar-refractivity contribution < 1.29 is 5.11 Å². The summed E-state index contributed by atoms with van der Waals surface area (Å²) >= 11 is 1.88. The Balaban J connectivity index is 2.08. The Morgan fingerprint density at radius 3 is 2.67 bits per heavy atom. The van der Waals surface area contributed by atoms with E-state index in [2.05, 4.69) is 24.1 Å². The van der Waals surface area contributed by atoms with Crippen LogP contribution in [0.1, 0.15) is 20.3 Å². The van der Waals surface area contributed by atoms with E-state index in [0.29, 0.717) is 5.25 Å². The Morgan fingerprint density at radius 2 is 2.07 bits per heavy atom. The number of aliphatic hydroxyl groups excluding tert-OH is 1. The molecule has 4 heteroatoms. The summed E-state index contributed by atoms with van der Waals surface area (Å²) in [5.41, 5.74) is 0. The van der Waals surface area contributed by atoms with Crippen LogP contribution < -0.4 is 5.32 Å². The van der Waals surface area contributed by atoms with Gasteiger partial charge in [0, 0.05) is 43.7 Å². The van der Waals surface area contributed by atoms with Gasteiger partial charge in [-0.2, -0.15) is 11.8 Å². The van der Waals surface area contributed by atoms with Crippen molar-refractivity contribution >= 4 is 11.8 Å². The van der Waals surface area contributed by atoms with Crippen molar-refractivity contribution in [3.63, 3.8) is 0 Å². The standard InChI is InChI=1S/C11H24N2OS/c1-3-10(2)15-9-11(14)8-13-6-4-12-5-7-13/h10-12,14H,3-9H2,1-2H3. The molecule has 90 valence electrons. The predicted molar refractivity (Wildman–Crippen MR) is 67.5 cm³/mol. The highest BCUT2D eigenvalue weighted by Crippen LogP contribution is 2.14. The number of thioether (sulfide) groups is 1. The van der Waals surface area contributed by atoms with E-state index in [1.165, 1.54) is 6.42 Å². The van der Waals surface area contributed by atoms with Crippen LogP contribution >= 0.6 is 11.8 Å². The lowest BCUT2D eigenvalue weighted by Gasteiger charge is -2.29. The molecule has 0 spiro atoms. The fraction of sp³-hybridized carbons (Fsp3) is 1.00. The van der Waals surface area contributed by atoms with Gasteiger partial charge in [-0.3, -0.25) is 4.90 Å². The van der Waals surface area contributed by atoms with Crippen molar-refractivity contribution in [2.75, 3.05) is 38.5 Å². The normalized spacial score (nSPS) is 22.6. The highest BCUT2D eigenvalue weighted by molar-refractivity contribution is 7.99. The molecule has 1 fully saturated rings. The summed E-state index contributed by atoms with van der Waals surface area (Å²) in [6.07, 6.45) is 1.02. The molecule has 0 saturated carbocycles. The first-order valence-corrected chi connectivity index (χ1v) is 7.00. The summed E-state index contributed by atoms with van der Waals surface area (Å²) in [7, 11) is 0. The molecule has 0 aromatic heterocycles. The van der Waals surface area contributed by atoms with E-state index < -0.39 is 0 Å². The molecule has 1 rings (SSSR count). The minimum Gasteiger partial charge on any atom is -0.391 e. The maximum Gasteiger partial charge on any atom is 0.0757 e. The Morgan fingerprint density at radius 1 is 1.40 bits per heavy atom. The smallest absolute Gasteiger partial charge is 0.0757 e. The molecule has 0 amide bonds. The van der Waals surface area contributed by atoms with E-state index in [4.69, 9.17) is 0 Å². The third-order valence-electron chi connectivity index (χ3n) is 2.83. The van der Waals surface area contributed by atoms with Crippen LogP contribution in [-0.4, -0.2) is 59.8 Å². The summed E-state index contributed by atoms with van der Waals surface area (Å²) in [6.45, 7) is 9.53. The number of hydrogen-bond acceptors (Lipinski definition) is 4. The van der Waals surface area contributed by atoms with Crippen LogP contribution in [-0.2, 0) is 0 Å². The highest BCUT2D eigenvalue weighted by Gasteiger charge is 2.14. The fourth-order valence-corrected chi connectivity index (χ4v) is 2.53. The van der Waals surface area contributed by atoms with Crippen molar-refractivity contribution in [3.05, 3.63) is 0 Å². The summed E-state index contributed by atoms with van der Waals surface area (Å²) in [5.74, 6) is 0.874. The van der Waals surface area contributed by atoms with Gasteiger partial charge in [0.25, 0.3) is 0 Å². The van der Waals surface area contributed by atoms with Crippen molar-refractivity contribution in [2.24, 2.45) is 0 Å². The van der Waals surface area contributed by atoms with Gasteiger partial charge in [-0.15, -0.1) is 0 Å². The molecule has 0 aromatic rings. The maximum absolute atomic E-state index is 9.86. The lowest BCUT2D eigenvalue weighted by Crippen LogP contribution is -2.46. The molecule has 0 aliphatic carbocycles. The van der Waals surface area contributed by atoms with Gasteiger partial charge in [0.1, 0.15) is 0 Å². The Labute approximate surface area is 97.6 Å². The number of β-amino-alcohol motifs (C(OH)–C–C–N with tert-alkyl or cyclic N) is 1. The Hall–Kier alpha value is 0.230. The summed E-state index contributed by atoms with van der Waals surface area (Å²) < 4.78 is 0. The highest BCUT2D eigenvalue weighted by atomic mass is 32.2. The molecule has 1 aliphatic rings. The lowest BCUT2D eigenvalue weighted by atomic mass is 10.3. The molecule has 1 saturated heterocycles. The molecule has 3 nitrogen and oxygen atoms in total. The predicted octanol–water partition coefficient (Wildman–Crippen LogP) is 0.784. The molecular weight excluding hydrogens is 208 g/mol. The summed E-state index contributed by atoms with van der Waals surface area (Å²) in [6, 6.07) is 0. The minimum atomic E-state index is -0.165. The quantitative estimate of drug-likeness (QED) is 0.709. The van der Waals surface area contributed by atoms with E-state index >= 15 is 0 Å². The molecule has 2 atom stereocenters. The molecular formula is C11H24N2OS. The van der Waals surface area contributed by atoms with Crippen LogP contribution in [0, 0.1) is 0 Å². The Bertz CT molecular complexity index is 163. The topological polar surface area (TPSA) is 35.5 Å². The van der Waals surface area contributed by atoms with E-state index in [9.17, 15) is 5.11 Å².